The summed E-state index contributed by atoms with van der Waals surface area (Å²) < 4.78 is 5.98. The van der Waals surface area contributed by atoms with E-state index >= 15 is 0 Å². The molecule has 156 valence electrons. The van der Waals surface area contributed by atoms with Crippen molar-refractivity contribution in [2.24, 2.45) is 0 Å². The third-order valence-electron chi connectivity index (χ3n) is 5.53. The van der Waals surface area contributed by atoms with Crippen molar-refractivity contribution in [1.82, 2.24) is 15.0 Å². The lowest BCUT2D eigenvalue weighted by atomic mass is 10.1. The standard InChI is InChI=1S/C29H19N3O/c1-4-10-20(11-5-1)24-19-25(21-12-6-2-7-13-21)31-28(30-24)23-16-17-27-26(18-23)32-29(33-27)22-14-8-3-9-15-22/h1-19H. The lowest BCUT2D eigenvalue weighted by Gasteiger charge is -2.09. The Hall–Kier alpha value is -4.57. The number of benzene rings is 4. The van der Waals surface area contributed by atoms with Crippen molar-refractivity contribution in [2.75, 3.05) is 0 Å². The predicted octanol–water partition coefficient (Wildman–Crippen LogP) is 7.29. The van der Waals surface area contributed by atoms with E-state index in [4.69, 9.17) is 19.4 Å². The minimum atomic E-state index is 0.603. The van der Waals surface area contributed by atoms with Crippen LogP contribution in [-0.4, -0.2) is 15.0 Å². The molecule has 0 spiro atoms. The number of rotatable bonds is 4. The van der Waals surface area contributed by atoms with Crippen molar-refractivity contribution < 1.29 is 4.42 Å². The maximum absolute atomic E-state index is 5.98. The van der Waals surface area contributed by atoms with Gasteiger partial charge in [0.25, 0.3) is 0 Å². The van der Waals surface area contributed by atoms with Gasteiger partial charge in [0.1, 0.15) is 5.52 Å². The average molecular weight is 425 g/mol. The molecule has 0 aliphatic carbocycles. The van der Waals surface area contributed by atoms with E-state index in [2.05, 4.69) is 24.3 Å². The van der Waals surface area contributed by atoms with Crippen LogP contribution < -0.4 is 0 Å². The van der Waals surface area contributed by atoms with Crippen LogP contribution in [0.15, 0.2) is 120 Å². The van der Waals surface area contributed by atoms with E-state index in [0.29, 0.717) is 11.7 Å². The SMILES string of the molecule is c1ccc(-c2cc(-c3ccccc3)nc(-c3ccc4oc(-c5ccccc5)nc4c3)n2)cc1. The molecule has 2 heterocycles. The van der Waals surface area contributed by atoms with Gasteiger partial charge in [0.2, 0.25) is 5.89 Å². The molecule has 0 bridgehead atoms. The summed E-state index contributed by atoms with van der Waals surface area (Å²) in [5.41, 5.74) is 7.21. The van der Waals surface area contributed by atoms with Gasteiger partial charge in [-0.25, -0.2) is 15.0 Å². The van der Waals surface area contributed by atoms with Crippen LogP contribution in [0, 0.1) is 0 Å². The Bertz CT molecular complexity index is 1480. The van der Waals surface area contributed by atoms with E-state index in [9.17, 15) is 0 Å². The van der Waals surface area contributed by atoms with Crippen LogP contribution in [0.25, 0.3) is 56.5 Å². The minimum Gasteiger partial charge on any atom is -0.436 e. The Morgan fingerprint density at radius 2 is 1.00 bits per heavy atom. The fraction of sp³-hybridized carbons (Fsp3) is 0. The number of hydrogen-bond acceptors (Lipinski definition) is 4. The fourth-order valence-corrected chi connectivity index (χ4v) is 3.86. The summed E-state index contributed by atoms with van der Waals surface area (Å²) >= 11 is 0. The largest absolute Gasteiger partial charge is 0.436 e. The van der Waals surface area contributed by atoms with Crippen LogP contribution in [0.5, 0.6) is 0 Å². The second-order valence-corrected chi connectivity index (χ2v) is 7.76. The van der Waals surface area contributed by atoms with E-state index < -0.39 is 0 Å². The fourth-order valence-electron chi connectivity index (χ4n) is 3.86. The normalized spacial score (nSPS) is 11.0. The monoisotopic (exact) mass is 425 g/mol. The van der Waals surface area contributed by atoms with E-state index in [1.165, 1.54) is 0 Å². The zero-order valence-corrected chi connectivity index (χ0v) is 17.7. The number of nitrogens with zero attached hydrogens (tertiary/aromatic N) is 3. The highest BCUT2D eigenvalue weighted by Crippen LogP contribution is 2.30. The number of fused-ring (bicyclic) bond motifs is 1. The third kappa shape index (κ3) is 3.79. The van der Waals surface area contributed by atoms with Crippen LogP contribution >= 0.6 is 0 Å². The Balaban J connectivity index is 1.49. The van der Waals surface area contributed by atoms with Crippen molar-refractivity contribution in [3.8, 4) is 45.4 Å². The molecule has 0 saturated heterocycles. The summed E-state index contributed by atoms with van der Waals surface area (Å²) in [6.07, 6.45) is 0. The number of aromatic nitrogens is 3. The second-order valence-electron chi connectivity index (χ2n) is 7.76. The van der Waals surface area contributed by atoms with E-state index in [1.807, 2.05) is 91.0 Å². The van der Waals surface area contributed by atoms with E-state index in [1.54, 1.807) is 0 Å². The highest BCUT2D eigenvalue weighted by molar-refractivity contribution is 5.82. The summed E-state index contributed by atoms with van der Waals surface area (Å²) in [5, 5.41) is 0. The Kier molecular flexibility index (Phi) is 4.74. The van der Waals surface area contributed by atoms with Gasteiger partial charge < -0.3 is 4.42 Å². The molecule has 4 aromatic carbocycles. The molecule has 2 aromatic heterocycles. The van der Waals surface area contributed by atoms with Crippen molar-refractivity contribution >= 4 is 11.1 Å². The molecule has 4 nitrogen and oxygen atoms in total. The molecule has 4 heteroatoms. The molecule has 0 fully saturated rings. The molecule has 0 unspecified atom stereocenters. The first kappa shape index (κ1) is 19.1. The second kappa shape index (κ2) is 8.17. The smallest absolute Gasteiger partial charge is 0.227 e. The van der Waals surface area contributed by atoms with Crippen molar-refractivity contribution in [3.63, 3.8) is 0 Å². The van der Waals surface area contributed by atoms with Crippen LogP contribution in [0.1, 0.15) is 0 Å². The average Bonchev–Trinajstić information content (AvgIpc) is 3.34. The van der Waals surface area contributed by atoms with E-state index in [-0.39, 0.29) is 0 Å². The molecule has 6 aromatic rings. The van der Waals surface area contributed by atoms with Gasteiger partial charge in [-0.2, -0.15) is 0 Å². The third-order valence-corrected chi connectivity index (χ3v) is 5.53. The summed E-state index contributed by atoms with van der Waals surface area (Å²) in [5.74, 6) is 1.26. The molecule has 6 rings (SSSR count). The lowest BCUT2D eigenvalue weighted by molar-refractivity contribution is 0.620. The highest BCUT2D eigenvalue weighted by atomic mass is 16.3. The van der Waals surface area contributed by atoms with Gasteiger partial charge in [-0.15, -0.1) is 0 Å². The Morgan fingerprint density at radius 1 is 0.455 bits per heavy atom. The van der Waals surface area contributed by atoms with Crippen molar-refractivity contribution in [3.05, 3.63) is 115 Å². The first-order valence-electron chi connectivity index (χ1n) is 10.8. The summed E-state index contributed by atoms with van der Waals surface area (Å²) in [6.45, 7) is 0. The molecular weight excluding hydrogens is 406 g/mol. The zero-order valence-electron chi connectivity index (χ0n) is 17.7. The maximum atomic E-state index is 5.98. The molecule has 33 heavy (non-hydrogen) atoms. The lowest BCUT2D eigenvalue weighted by Crippen LogP contribution is -1.95. The van der Waals surface area contributed by atoms with Gasteiger partial charge in [-0.3, -0.25) is 0 Å². The number of oxazole rings is 1. The Labute approximate surface area is 191 Å². The molecule has 0 aliphatic rings. The Morgan fingerprint density at radius 3 is 1.58 bits per heavy atom. The summed E-state index contributed by atoms with van der Waals surface area (Å²) in [7, 11) is 0. The van der Waals surface area contributed by atoms with Gasteiger partial charge in [-0.1, -0.05) is 78.9 Å². The van der Waals surface area contributed by atoms with Gasteiger partial charge in [-0.05, 0) is 36.4 Å². The van der Waals surface area contributed by atoms with Crippen LogP contribution in [0.4, 0.5) is 0 Å². The summed E-state index contributed by atoms with van der Waals surface area (Å²) in [4.78, 5) is 14.5. The minimum absolute atomic E-state index is 0.603. The van der Waals surface area contributed by atoms with Gasteiger partial charge >= 0.3 is 0 Å². The van der Waals surface area contributed by atoms with Crippen LogP contribution in [0.2, 0.25) is 0 Å². The summed E-state index contributed by atoms with van der Waals surface area (Å²) in [6, 6.07) is 38.2. The highest BCUT2D eigenvalue weighted by Gasteiger charge is 2.13. The quantitative estimate of drug-likeness (QED) is 0.298. The molecule has 0 N–H and O–H groups in total. The number of hydrogen-bond donors (Lipinski definition) is 0. The first-order valence-corrected chi connectivity index (χ1v) is 10.8. The van der Waals surface area contributed by atoms with Crippen molar-refractivity contribution in [1.29, 1.82) is 0 Å². The van der Waals surface area contributed by atoms with Gasteiger partial charge in [0.05, 0.1) is 11.4 Å². The van der Waals surface area contributed by atoms with Gasteiger partial charge in [0, 0.05) is 22.3 Å². The molecule has 0 radical (unpaired) electrons. The molecule has 0 aliphatic heterocycles. The molecule has 0 amide bonds. The van der Waals surface area contributed by atoms with Crippen molar-refractivity contribution in [2.45, 2.75) is 0 Å². The van der Waals surface area contributed by atoms with Crippen LogP contribution in [0.3, 0.4) is 0 Å². The molecular formula is C29H19N3O. The van der Waals surface area contributed by atoms with E-state index in [0.717, 1.165) is 44.7 Å². The predicted molar refractivity (Wildman–Crippen MR) is 131 cm³/mol. The molecule has 0 atom stereocenters. The van der Waals surface area contributed by atoms with Gasteiger partial charge in [0.15, 0.2) is 11.4 Å². The first-order chi connectivity index (χ1) is 16.3. The van der Waals surface area contributed by atoms with Crippen LogP contribution in [-0.2, 0) is 0 Å². The maximum Gasteiger partial charge on any atom is 0.227 e. The molecule has 0 saturated carbocycles. The zero-order chi connectivity index (χ0) is 22.0. The topological polar surface area (TPSA) is 51.8 Å².